The molecule has 2 aliphatic heterocycles. The third-order valence-corrected chi connectivity index (χ3v) is 7.94. The Morgan fingerprint density at radius 1 is 1.23 bits per heavy atom. The Kier molecular flexibility index (Phi) is 5.12. The summed E-state index contributed by atoms with van der Waals surface area (Å²) in [5.74, 6) is 1.91. The first-order valence-corrected chi connectivity index (χ1v) is 11.6. The number of nitrogens with zero attached hydrogens (tertiary/aromatic N) is 2. The normalized spacial score (nSPS) is 32.6. The summed E-state index contributed by atoms with van der Waals surface area (Å²) in [7, 11) is 1.61. The van der Waals surface area contributed by atoms with E-state index in [-0.39, 0.29) is 23.7 Å². The molecule has 1 aromatic rings. The highest BCUT2D eigenvalue weighted by atomic mass is 16.5. The van der Waals surface area contributed by atoms with Gasteiger partial charge in [-0.15, -0.1) is 0 Å². The number of amides is 2. The topological polar surface area (TPSA) is 71.1 Å². The van der Waals surface area contributed by atoms with Crippen LogP contribution >= 0.6 is 0 Å². The van der Waals surface area contributed by atoms with E-state index in [0.717, 1.165) is 45.4 Å². The quantitative estimate of drug-likeness (QED) is 0.803. The Bertz CT molecular complexity index is 880. The van der Waals surface area contributed by atoms with Crippen LogP contribution in [0.2, 0.25) is 0 Å². The molecule has 3 saturated carbocycles. The van der Waals surface area contributed by atoms with E-state index in [9.17, 15) is 9.59 Å². The summed E-state index contributed by atoms with van der Waals surface area (Å²) >= 11 is 0. The summed E-state index contributed by atoms with van der Waals surface area (Å²) in [6.07, 6.45) is 3.49. The summed E-state index contributed by atoms with van der Waals surface area (Å²) in [5, 5.41) is 3.18. The zero-order chi connectivity index (χ0) is 21.8. The molecule has 7 heteroatoms. The van der Waals surface area contributed by atoms with Gasteiger partial charge in [0.05, 0.1) is 12.7 Å². The van der Waals surface area contributed by atoms with Gasteiger partial charge in [0.25, 0.3) is 5.91 Å². The number of hydrogen-bond acceptors (Lipinski definition) is 5. The van der Waals surface area contributed by atoms with E-state index < -0.39 is 5.72 Å². The second-order valence-electron chi connectivity index (χ2n) is 9.84. The van der Waals surface area contributed by atoms with Crippen molar-refractivity contribution < 1.29 is 19.1 Å². The molecule has 168 valence electrons. The minimum absolute atomic E-state index is 0.0437. The van der Waals surface area contributed by atoms with Gasteiger partial charge in [-0.2, -0.15) is 0 Å². The Labute approximate surface area is 184 Å². The van der Waals surface area contributed by atoms with Crippen molar-refractivity contribution in [1.29, 1.82) is 0 Å². The van der Waals surface area contributed by atoms with Crippen LogP contribution in [-0.4, -0.2) is 66.7 Å². The fourth-order valence-corrected chi connectivity index (χ4v) is 6.11. The van der Waals surface area contributed by atoms with Gasteiger partial charge in [-0.05, 0) is 51.2 Å². The highest BCUT2D eigenvalue weighted by Crippen LogP contribution is 2.53. The number of carbonyl (C=O) groups excluding carboxylic acids is 2. The number of methoxy groups -OCH3 is 1. The lowest BCUT2D eigenvalue weighted by Gasteiger charge is -2.55. The molecule has 0 unspecified atom stereocenters. The largest absolute Gasteiger partial charge is 0.497 e. The highest BCUT2D eigenvalue weighted by Gasteiger charge is 2.57. The van der Waals surface area contributed by atoms with Crippen LogP contribution in [0.25, 0.3) is 0 Å². The molecule has 2 bridgehead atoms. The Morgan fingerprint density at radius 3 is 2.65 bits per heavy atom. The molecular weight excluding hydrogens is 394 g/mol. The molecule has 4 fully saturated rings. The first kappa shape index (κ1) is 20.6. The van der Waals surface area contributed by atoms with E-state index in [2.05, 4.69) is 29.0 Å². The Hall–Kier alpha value is -2.28. The zero-order valence-corrected chi connectivity index (χ0v) is 18.7. The van der Waals surface area contributed by atoms with Crippen molar-refractivity contribution in [3.05, 3.63) is 23.8 Å². The third kappa shape index (κ3) is 3.47. The third-order valence-electron chi connectivity index (χ3n) is 7.94. The molecule has 1 aromatic carbocycles. The summed E-state index contributed by atoms with van der Waals surface area (Å²) in [4.78, 5) is 30.8. The number of rotatable bonds is 3. The van der Waals surface area contributed by atoms with Gasteiger partial charge in [0.1, 0.15) is 11.5 Å². The Balaban J connectivity index is 1.31. The molecule has 7 nitrogen and oxygen atoms in total. The van der Waals surface area contributed by atoms with E-state index >= 15 is 0 Å². The lowest BCUT2D eigenvalue weighted by atomic mass is 9.59. The van der Waals surface area contributed by atoms with Crippen molar-refractivity contribution in [2.75, 3.05) is 33.3 Å². The lowest BCUT2D eigenvalue weighted by Crippen LogP contribution is -2.67. The van der Waals surface area contributed by atoms with Gasteiger partial charge in [0.15, 0.2) is 5.72 Å². The van der Waals surface area contributed by atoms with Gasteiger partial charge in [0, 0.05) is 56.5 Å². The van der Waals surface area contributed by atoms with E-state index in [4.69, 9.17) is 9.47 Å². The van der Waals surface area contributed by atoms with E-state index in [0.29, 0.717) is 35.4 Å². The Morgan fingerprint density at radius 2 is 2.00 bits per heavy atom. The fourth-order valence-electron chi connectivity index (χ4n) is 6.11. The average Bonchev–Trinajstić information content (AvgIpc) is 2.78. The van der Waals surface area contributed by atoms with Crippen molar-refractivity contribution in [2.45, 2.75) is 51.3 Å². The first-order chi connectivity index (χ1) is 14.9. The number of hydrogen-bond donors (Lipinski definition) is 1. The standard InChI is InChI=1S/C24H33N3O4/c1-15(2)26-8-10-27(11-9-26)23(29)20-12-17-5-4-16(20)14-24(17)25-22(28)19-7-6-18(30-3)13-21(19)31-24/h6-7,13,15-17,20H,4-5,8-12,14H2,1-3H3,(H,25,28)/t16-,17+,20-,24-/m1/s1. The van der Waals surface area contributed by atoms with E-state index in [1.807, 2.05) is 0 Å². The number of nitrogens with one attached hydrogen (secondary N) is 1. The van der Waals surface area contributed by atoms with Crippen molar-refractivity contribution in [3.8, 4) is 11.5 Å². The van der Waals surface area contributed by atoms with Crippen molar-refractivity contribution in [1.82, 2.24) is 15.1 Å². The van der Waals surface area contributed by atoms with Crippen LogP contribution in [0.5, 0.6) is 11.5 Å². The summed E-state index contributed by atoms with van der Waals surface area (Å²) < 4.78 is 11.8. The molecule has 0 aromatic heterocycles. The molecule has 5 aliphatic rings. The number of carbonyl (C=O) groups is 2. The van der Waals surface area contributed by atoms with Crippen LogP contribution in [-0.2, 0) is 4.79 Å². The van der Waals surface area contributed by atoms with Crippen LogP contribution in [0.3, 0.4) is 0 Å². The number of fused-ring (bicyclic) bond motifs is 3. The molecule has 2 amide bonds. The lowest BCUT2D eigenvalue weighted by molar-refractivity contribution is -0.157. The second kappa shape index (κ2) is 7.69. The molecule has 4 atom stereocenters. The molecule has 31 heavy (non-hydrogen) atoms. The maximum Gasteiger partial charge on any atom is 0.258 e. The molecule has 6 rings (SSSR count). The minimum Gasteiger partial charge on any atom is -0.497 e. The summed E-state index contributed by atoms with van der Waals surface area (Å²) in [6, 6.07) is 5.85. The number of piperazine rings is 1. The van der Waals surface area contributed by atoms with Crippen molar-refractivity contribution in [3.63, 3.8) is 0 Å². The smallest absolute Gasteiger partial charge is 0.258 e. The van der Waals surface area contributed by atoms with E-state index in [1.165, 1.54) is 0 Å². The fraction of sp³-hybridized carbons (Fsp3) is 0.667. The van der Waals surface area contributed by atoms with Crippen LogP contribution in [0.1, 0.15) is 49.9 Å². The highest BCUT2D eigenvalue weighted by molar-refractivity contribution is 5.98. The number of benzene rings is 1. The van der Waals surface area contributed by atoms with Gasteiger partial charge >= 0.3 is 0 Å². The van der Waals surface area contributed by atoms with Crippen LogP contribution in [0.15, 0.2) is 18.2 Å². The maximum atomic E-state index is 13.4. The number of ether oxygens (including phenoxy) is 2. The van der Waals surface area contributed by atoms with Crippen LogP contribution in [0.4, 0.5) is 0 Å². The molecular formula is C24H33N3O4. The predicted molar refractivity (Wildman–Crippen MR) is 116 cm³/mol. The van der Waals surface area contributed by atoms with Gasteiger partial charge in [-0.3, -0.25) is 14.5 Å². The second-order valence-corrected chi connectivity index (χ2v) is 9.84. The van der Waals surface area contributed by atoms with Gasteiger partial charge < -0.3 is 19.7 Å². The van der Waals surface area contributed by atoms with Crippen LogP contribution < -0.4 is 14.8 Å². The predicted octanol–water partition coefficient (Wildman–Crippen LogP) is 2.50. The van der Waals surface area contributed by atoms with Gasteiger partial charge in [-0.25, -0.2) is 0 Å². The van der Waals surface area contributed by atoms with Crippen molar-refractivity contribution >= 4 is 11.8 Å². The van der Waals surface area contributed by atoms with Gasteiger partial charge in [0.2, 0.25) is 5.91 Å². The molecule has 1 N–H and O–H groups in total. The van der Waals surface area contributed by atoms with E-state index in [1.54, 1.807) is 25.3 Å². The van der Waals surface area contributed by atoms with Gasteiger partial charge in [-0.1, -0.05) is 0 Å². The molecule has 0 radical (unpaired) electrons. The molecule has 1 spiro atoms. The van der Waals surface area contributed by atoms with Crippen LogP contribution in [0, 0.1) is 17.8 Å². The average molecular weight is 428 g/mol. The molecule has 3 aliphatic carbocycles. The summed E-state index contributed by atoms with van der Waals surface area (Å²) in [5.41, 5.74) is -0.157. The summed E-state index contributed by atoms with van der Waals surface area (Å²) in [6.45, 7) is 7.96. The molecule has 2 heterocycles. The zero-order valence-electron chi connectivity index (χ0n) is 18.7. The maximum absolute atomic E-state index is 13.4. The monoisotopic (exact) mass is 427 g/mol. The molecule has 1 saturated heterocycles. The van der Waals surface area contributed by atoms with Crippen molar-refractivity contribution in [2.24, 2.45) is 17.8 Å². The minimum atomic E-state index is -0.702. The SMILES string of the molecule is COc1ccc2c(c1)O[C@@]1(C[C@H]3CC[C@H]1C[C@H]3C(=O)N1CCN(C(C)C)CC1)NC2=O. The first-order valence-electron chi connectivity index (χ1n) is 11.6.